The number of hydrogen-bond donors (Lipinski definition) is 2. The summed E-state index contributed by atoms with van der Waals surface area (Å²) < 4.78 is 15.3. The average Bonchev–Trinajstić information content (AvgIpc) is 2.82. The molecule has 18 heavy (non-hydrogen) atoms. The standard InChI is InChI=1S/C12H16N2O4/c1-16-6-2-5-13-12(15)14-9-3-4-10-11(7-9)18-8-17-10/h3-4,7H,2,5-6,8H2,1H3,(H2,13,14,15). The maximum atomic E-state index is 11.5. The number of benzene rings is 1. The van der Waals surface area contributed by atoms with E-state index in [2.05, 4.69) is 10.6 Å². The van der Waals surface area contributed by atoms with Crippen molar-refractivity contribution in [1.29, 1.82) is 0 Å². The number of carbonyl (C=O) groups is 1. The van der Waals surface area contributed by atoms with Crippen LogP contribution < -0.4 is 20.1 Å². The fraction of sp³-hybridized carbons (Fsp3) is 0.417. The van der Waals surface area contributed by atoms with E-state index in [0.29, 0.717) is 30.3 Å². The average molecular weight is 252 g/mol. The summed E-state index contributed by atoms with van der Waals surface area (Å²) >= 11 is 0. The Morgan fingerprint density at radius 2 is 2.22 bits per heavy atom. The van der Waals surface area contributed by atoms with Crippen molar-refractivity contribution in [2.24, 2.45) is 0 Å². The zero-order valence-corrected chi connectivity index (χ0v) is 10.2. The molecule has 6 heteroatoms. The van der Waals surface area contributed by atoms with Gasteiger partial charge in [-0.15, -0.1) is 0 Å². The zero-order chi connectivity index (χ0) is 12.8. The van der Waals surface area contributed by atoms with Crippen LogP contribution in [0.2, 0.25) is 0 Å². The molecule has 0 atom stereocenters. The van der Waals surface area contributed by atoms with E-state index in [4.69, 9.17) is 14.2 Å². The molecule has 1 aromatic rings. The molecule has 2 N–H and O–H groups in total. The lowest BCUT2D eigenvalue weighted by Crippen LogP contribution is -2.29. The van der Waals surface area contributed by atoms with Gasteiger partial charge < -0.3 is 24.8 Å². The van der Waals surface area contributed by atoms with E-state index in [1.54, 1.807) is 25.3 Å². The van der Waals surface area contributed by atoms with Crippen LogP contribution in [0.4, 0.5) is 10.5 Å². The first kappa shape index (κ1) is 12.5. The van der Waals surface area contributed by atoms with E-state index in [1.807, 2.05) is 0 Å². The number of fused-ring (bicyclic) bond motifs is 1. The molecule has 0 radical (unpaired) electrons. The predicted molar refractivity (Wildman–Crippen MR) is 66.1 cm³/mol. The molecule has 0 saturated heterocycles. The molecule has 1 aliphatic heterocycles. The van der Waals surface area contributed by atoms with Crippen molar-refractivity contribution < 1.29 is 19.0 Å². The van der Waals surface area contributed by atoms with Gasteiger partial charge in [-0.2, -0.15) is 0 Å². The molecule has 1 heterocycles. The molecule has 1 aromatic carbocycles. The minimum atomic E-state index is -0.245. The molecule has 0 aromatic heterocycles. The van der Waals surface area contributed by atoms with Crippen LogP contribution in [0.25, 0.3) is 0 Å². The second-order valence-electron chi connectivity index (χ2n) is 3.80. The largest absolute Gasteiger partial charge is 0.454 e. The van der Waals surface area contributed by atoms with Gasteiger partial charge in [0.05, 0.1) is 0 Å². The summed E-state index contributed by atoms with van der Waals surface area (Å²) in [6, 6.07) is 5.02. The predicted octanol–water partition coefficient (Wildman–Crippen LogP) is 1.57. The van der Waals surface area contributed by atoms with E-state index in [9.17, 15) is 4.79 Å². The number of rotatable bonds is 5. The fourth-order valence-corrected chi connectivity index (χ4v) is 1.57. The first-order valence-electron chi connectivity index (χ1n) is 5.73. The normalized spacial score (nSPS) is 12.3. The quantitative estimate of drug-likeness (QED) is 0.780. The maximum absolute atomic E-state index is 11.5. The third-order valence-corrected chi connectivity index (χ3v) is 2.44. The highest BCUT2D eigenvalue weighted by atomic mass is 16.7. The highest BCUT2D eigenvalue weighted by molar-refractivity contribution is 5.89. The Morgan fingerprint density at radius 1 is 1.39 bits per heavy atom. The third-order valence-electron chi connectivity index (χ3n) is 2.44. The number of carbonyl (C=O) groups excluding carboxylic acids is 1. The molecule has 0 spiro atoms. The van der Waals surface area contributed by atoms with Crippen molar-refractivity contribution in [1.82, 2.24) is 5.32 Å². The van der Waals surface area contributed by atoms with Crippen LogP contribution in [0.5, 0.6) is 11.5 Å². The second kappa shape index (κ2) is 6.11. The van der Waals surface area contributed by atoms with Gasteiger partial charge in [-0.05, 0) is 18.6 Å². The van der Waals surface area contributed by atoms with E-state index in [-0.39, 0.29) is 12.8 Å². The van der Waals surface area contributed by atoms with E-state index in [0.717, 1.165) is 6.42 Å². The van der Waals surface area contributed by atoms with Crippen molar-refractivity contribution in [2.45, 2.75) is 6.42 Å². The second-order valence-corrected chi connectivity index (χ2v) is 3.80. The molecule has 2 amide bonds. The lowest BCUT2D eigenvalue weighted by Gasteiger charge is -2.07. The molecule has 0 aliphatic carbocycles. The van der Waals surface area contributed by atoms with Crippen molar-refractivity contribution >= 4 is 11.7 Å². The molecule has 0 bridgehead atoms. The van der Waals surface area contributed by atoms with E-state index < -0.39 is 0 Å². The van der Waals surface area contributed by atoms with E-state index >= 15 is 0 Å². The topological polar surface area (TPSA) is 68.8 Å². The number of anilines is 1. The Hall–Kier alpha value is -1.95. The number of nitrogens with one attached hydrogen (secondary N) is 2. The fourth-order valence-electron chi connectivity index (χ4n) is 1.57. The molecule has 98 valence electrons. The van der Waals surface area contributed by atoms with Crippen LogP contribution in [-0.4, -0.2) is 33.1 Å². The third kappa shape index (κ3) is 3.27. The molecule has 1 aliphatic rings. The van der Waals surface area contributed by atoms with Crippen LogP contribution in [0, 0.1) is 0 Å². The molecule has 2 rings (SSSR count). The number of ether oxygens (including phenoxy) is 3. The molecular weight excluding hydrogens is 236 g/mol. The lowest BCUT2D eigenvalue weighted by molar-refractivity contribution is 0.174. The summed E-state index contributed by atoms with van der Waals surface area (Å²) in [5.41, 5.74) is 0.670. The van der Waals surface area contributed by atoms with Gasteiger partial charge in [0.2, 0.25) is 6.79 Å². The minimum absolute atomic E-state index is 0.224. The maximum Gasteiger partial charge on any atom is 0.319 e. The van der Waals surface area contributed by atoms with Gasteiger partial charge in [-0.25, -0.2) is 4.79 Å². The van der Waals surface area contributed by atoms with Crippen molar-refractivity contribution in [3.05, 3.63) is 18.2 Å². The number of methoxy groups -OCH3 is 1. The summed E-state index contributed by atoms with van der Waals surface area (Å²) in [6.45, 7) is 1.43. The minimum Gasteiger partial charge on any atom is -0.454 e. The Bertz CT molecular complexity index is 423. The Balaban J connectivity index is 1.80. The van der Waals surface area contributed by atoms with Gasteiger partial charge in [0.25, 0.3) is 0 Å². The smallest absolute Gasteiger partial charge is 0.319 e. The Labute approximate surface area is 105 Å². The van der Waals surface area contributed by atoms with Gasteiger partial charge in [0, 0.05) is 32.0 Å². The summed E-state index contributed by atoms with van der Waals surface area (Å²) in [7, 11) is 1.63. The highest BCUT2D eigenvalue weighted by Crippen LogP contribution is 2.34. The first-order valence-corrected chi connectivity index (χ1v) is 5.73. The van der Waals surface area contributed by atoms with Gasteiger partial charge in [0.1, 0.15) is 0 Å². The summed E-state index contributed by atoms with van der Waals surface area (Å²) in [4.78, 5) is 11.5. The van der Waals surface area contributed by atoms with Crippen molar-refractivity contribution in [2.75, 3.05) is 32.4 Å². The number of hydrogen-bond acceptors (Lipinski definition) is 4. The van der Waals surface area contributed by atoms with Crippen molar-refractivity contribution in [3.8, 4) is 11.5 Å². The van der Waals surface area contributed by atoms with Gasteiger partial charge in [0.15, 0.2) is 11.5 Å². The van der Waals surface area contributed by atoms with Gasteiger partial charge in [-0.3, -0.25) is 0 Å². The lowest BCUT2D eigenvalue weighted by atomic mass is 10.3. The summed E-state index contributed by atoms with van der Waals surface area (Å²) in [5.74, 6) is 1.34. The first-order chi connectivity index (χ1) is 8.79. The molecular formula is C12H16N2O4. The van der Waals surface area contributed by atoms with Crippen LogP contribution in [0.3, 0.4) is 0 Å². The molecule has 6 nitrogen and oxygen atoms in total. The monoisotopic (exact) mass is 252 g/mol. The SMILES string of the molecule is COCCCNC(=O)Nc1ccc2c(c1)OCO2. The number of amides is 2. The Morgan fingerprint density at radius 3 is 3.06 bits per heavy atom. The Kier molecular flexibility index (Phi) is 4.25. The van der Waals surface area contributed by atoms with Crippen LogP contribution in [-0.2, 0) is 4.74 Å². The molecule has 0 saturated carbocycles. The summed E-state index contributed by atoms with van der Waals surface area (Å²) in [5, 5.41) is 5.45. The van der Waals surface area contributed by atoms with Gasteiger partial charge >= 0.3 is 6.03 Å². The molecule has 0 fully saturated rings. The molecule has 0 unspecified atom stereocenters. The number of urea groups is 1. The van der Waals surface area contributed by atoms with Crippen LogP contribution in [0.1, 0.15) is 6.42 Å². The van der Waals surface area contributed by atoms with Crippen LogP contribution >= 0.6 is 0 Å². The summed E-state index contributed by atoms with van der Waals surface area (Å²) in [6.07, 6.45) is 0.783. The van der Waals surface area contributed by atoms with E-state index in [1.165, 1.54) is 0 Å². The van der Waals surface area contributed by atoms with Crippen LogP contribution in [0.15, 0.2) is 18.2 Å². The zero-order valence-electron chi connectivity index (χ0n) is 10.2. The van der Waals surface area contributed by atoms with Gasteiger partial charge in [-0.1, -0.05) is 0 Å². The highest BCUT2D eigenvalue weighted by Gasteiger charge is 2.13. The van der Waals surface area contributed by atoms with Crippen molar-refractivity contribution in [3.63, 3.8) is 0 Å².